The van der Waals surface area contributed by atoms with Gasteiger partial charge in [-0.25, -0.2) is 5.01 Å². The third kappa shape index (κ3) is 5.59. The zero-order valence-electron chi connectivity index (χ0n) is 21.6. The highest BCUT2D eigenvalue weighted by atomic mass is 35.5. The fourth-order valence-corrected chi connectivity index (χ4v) is 7.60. The summed E-state index contributed by atoms with van der Waals surface area (Å²) in [6.45, 7) is 7.56. The molecule has 1 atom stereocenters. The Morgan fingerprint density at radius 3 is 2.25 bits per heavy atom. The van der Waals surface area contributed by atoms with Crippen LogP contribution in [0.1, 0.15) is 61.5 Å². The van der Waals surface area contributed by atoms with Crippen molar-refractivity contribution < 1.29 is 9.59 Å². The highest BCUT2D eigenvalue weighted by molar-refractivity contribution is 7.20. The lowest BCUT2D eigenvalue weighted by molar-refractivity contribution is -0.144. The second-order valence-corrected chi connectivity index (χ2v) is 12.5. The van der Waals surface area contributed by atoms with Crippen molar-refractivity contribution in [2.45, 2.75) is 57.9 Å². The summed E-state index contributed by atoms with van der Waals surface area (Å²) in [4.78, 5) is 32.8. The molecule has 5 rings (SSSR count). The van der Waals surface area contributed by atoms with Crippen molar-refractivity contribution in [3.05, 3.63) is 34.2 Å². The summed E-state index contributed by atoms with van der Waals surface area (Å²) in [5, 5.41) is 5.58. The summed E-state index contributed by atoms with van der Waals surface area (Å²) < 4.78 is 0.999. The molecular formula is C28H39ClN4O2S. The number of benzene rings is 1. The van der Waals surface area contributed by atoms with Crippen LogP contribution < -0.4 is 0 Å². The van der Waals surface area contributed by atoms with Crippen molar-refractivity contribution in [1.82, 2.24) is 19.8 Å². The molecule has 0 N–H and O–H groups in total. The minimum absolute atomic E-state index is 0.0729. The first-order chi connectivity index (χ1) is 17.4. The second-order valence-electron chi connectivity index (χ2n) is 10.9. The summed E-state index contributed by atoms with van der Waals surface area (Å²) >= 11 is 7.65. The van der Waals surface area contributed by atoms with Crippen LogP contribution >= 0.6 is 22.9 Å². The van der Waals surface area contributed by atoms with E-state index in [9.17, 15) is 9.59 Å². The number of carbonyl (C=O) groups is 2. The monoisotopic (exact) mass is 530 g/mol. The molecule has 0 unspecified atom stereocenters. The Hall–Kier alpha value is -1.67. The Labute approximate surface area is 224 Å². The molecule has 0 aliphatic carbocycles. The fourth-order valence-electron chi connectivity index (χ4n) is 6.33. The van der Waals surface area contributed by atoms with Crippen molar-refractivity contribution in [3.63, 3.8) is 0 Å². The molecule has 2 amide bonds. The quantitative estimate of drug-likeness (QED) is 0.521. The molecule has 0 spiro atoms. The summed E-state index contributed by atoms with van der Waals surface area (Å²) in [6, 6.07) is 7.16. The number of hydrogen-bond donors (Lipinski definition) is 0. The first-order valence-electron chi connectivity index (χ1n) is 13.7. The van der Waals surface area contributed by atoms with E-state index in [1.54, 1.807) is 5.01 Å². The molecule has 3 fully saturated rings. The van der Waals surface area contributed by atoms with Gasteiger partial charge >= 0.3 is 0 Å². The van der Waals surface area contributed by atoms with Crippen molar-refractivity contribution in [3.8, 4) is 0 Å². The van der Waals surface area contributed by atoms with Crippen LogP contribution in [0.5, 0.6) is 0 Å². The highest BCUT2D eigenvalue weighted by Gasteiger charge is 2.37. The van der Waals surface area contributed by atoms with E-state index in [0.29, 0.717) is 9.90 Å². The first-order valence-corrected chi connectivity index (χ1v) is 14.8. The lowest BCUT2D eigenvalue weighted by atomic mass is 9.79. The number of hydrogen-bond acceptors (Lipinski definition) is 5. The molecule has 36 heavy (non-hydrogen) atoms. The molecule has 2 aromatic rings. The van der Waals surface area contributed by atoms with Gasteiger partial charge in [-0.15, -0.1) is 11.3 Å². The summed E-state index contributed by atoms with van der Waals surface area (Å²) in [5.41, 5.74) is 0. The van der Waals surface area contributed by atoms with Crippen LogP contribution in [0.3, 0.4) is 0 Å². The normalized spacial score (nSPS) is 22.1. The van der Waals surface area contributed by atoms with Gasteiger partial charge in [-0.2, -0.15) is 0 Å². The van der Waals surface area contributed by atoms with E-state index in [1.165, 1.54) is 43.7 Å². The van der Waals surface area contributed by atoms with Crippen molar-refractivity contribution >= 4 is 44.8 Å². The zero-order valence-corrected chi connectivity index (χ0v) is 23.2. The molecule has 6 nitrogen and oxygen atoms in total. The Bertz CT molecular complexity index is 1070. The van der Waals surface area contributed by atoms with Gasteiger partial charge in [0.15, 0.2) is 0 Å². The maximum absolute atomic E-state index is 13.9. The van der Waals surface area contributed by atoms with Crippen molar-refractivity contribution in [1.29, 1.82) is 0 Å². The molecular weight excluding hydrogens is 492 g/mol. The minimum atomic E-state index is -0.510. The topological polar surface area (TPSA) is 47.1 Å². The van der Waals surface area contributed by atoms with Crippen LogP contribution in [0, 0.1) is 11.8 Å². The summed E-state index contributed by atoms with van der Waals surface area (Å²) in [6.07, 6.45) is 8.01. The van der Waals surface area contributed by atoms with E-state index in [0.717, 1.165) is 73.8 Å². The fraction of sp³-hybridized carbons (Fsp3) is 0.643. The minimum Gasteiger partial charge on any atom is -0.341 e. The van der Waals surface area contributed by atoms with Gasteiger partial charge in [0.25, 0.3) is 5.91 Å². The standard InChI is InChI=1S/C28H39ClN4O2S/c1-20(27(34)31-16-10-22(11-17-31)21-8-14-30(2)15-9-21)33(32-12-4-3-5-13-32)28(35)26-18-23-6-7-24(29)19-25(23)36-26/h6-7,18-22H,3-5,8-17H2,1-2H3/t20-/m1/s1. The second kappa shape index (κ2) is 11.4. The van der Waals surface area contributed by atoms with Gasteiger partial charge in [0.1, 0.15) is 6.04 Å². The molecule has 3 saturated heterocycles. The molecule has 8 heteroatoms. The number of carbonyl (C=O) groups excluding carboxylic acids is 2. The molecule has 0 saturated carbocycles. The number of piperidine rings is 3. The maximum Gasteiger partial charge on any atom is 0.279 e. The molecule has 0 radical (unpaired) electrons. The van der Waals surface area contributed by atoms with Crippen molar-refractivity contribution in [2.24, 2.45) is 11.8 Å². The molecule has 4 heterocycles. The predicted octanol–water partition coefficient (Wildman–Crippen LogP) is 5.37. The van der Waals surface area contributed by atoms with Crippen LogP contribution in [0.2, 0.25) is 5.02 Å². The molecule has 3 aliphatic rings. The maximum atomic E-state index is 13.9. The van der Waals surface area contributed by atoms with Crippen LogP contribution in [0.4, 0.5) is 0 Å². The van der Waals surface area contributed by atoms with E-state index in [-0.39, 0.29) is 11.8 Å². The average Bonchev–Trinajstić information content (AvgIpc) is 3.33. The van der Waals surface area contributed by atoms with Gasteiger partial charge in [0, 0.05) is 35.9 Å². The molecule has 0 bridgehead atoms. The zero-order chi connectivity index (χ0) is 25.2. The number of likely N-dealkylation sites (tertiary alicyclic amines) is 2. The van der Waals surface area contributed by atoms with Crippen LogP contribution in [0.15, 0.2) is 24.3 Å². The number of amides is 2. The lowest BCUT2D eigenvalue weighted by Crippen LogP contribution is -2.58. The van der Waals surface area contributed by atoms with Gasteiger partial charge in [-0.05, 0) is 101 Å². The van der Waals surface area contributed by atoms with E-state index >= 15 is 0 Å². The molecule has 3 aliphatic heterocycles. The first kappa shape index (κ1) is 26.0. The number of hydrazine groups is 1. The van der Waals surface area contributed by atoms with Gasteiger partial charge < -0.3 is 9.80 Å². The SMILES string of the molecule is C[C@H](C(=O)N1CCC(C2CCN(C)CC2)CC1)N(C(=O)c1cc2ccc(Cl)cc2s1)N1CCCCC1. The average molecular weight is 531 g/mol. The number of fused-ring (bicyclic) bond motifs is 1. The van der Waals surface area contributed by atoms with Gasteiger partial charge in [-0.1, -0.05) is 24.1 Å². The van der Waals surface area contributed by atoms with Crippen LogP contribution in [-0.2, 0) is 4.79 Å². The lowest BCUT2D eigenvalue weighted by Gasteiger charge is -2.43. The smallest absolute Gasteiger partial charge is 0.279 e. The summed E-state index contributed by atoms with van der Waals surface area (Å²) in [7, 11) is 2.21. The highest BCUT2D eigenvalue weighted by Crippen LogP contribution is 2.33. The van der Waals surface area contributed by atoms with Crippen LogP contribution in [-0.4, -0.2) is 84.0 Å². The van der Waals surface area contributed by atoms with E-state index < -0.39 is 6.04 Å². The molecule has 196 valence electrons. The Morgan fingerprint density at radius 2 is 1.58 bits per heavy atom. The van der Waals surface area contributed by atoms with Gasteiger partial charge in [-0.3, -0.25) is 14.6 Å². The van der Waals surface area contributed by atoms with E-state index in [2.05, 4.69) is 17.0 Å². The molecule has 1 aromatic carbocycles. The Balaban J connectivity index is 1.29. The summed E-state index contributed by atoms with van der Waals surface area (Å²) in [5.74, 6) is 1.53. The van der Waals surface area contributed by atoms with E-state index in [1.807, 2.05) is 36.1 Å². The third-order valence-electron chi connectivity index (χ3n) is 8.54. The number of thiophene rings is 1. The number of nitrogens with zero attached hydrogens (tertiary/aromatic N) is 4. The Kier molecular flexibility index (Phi) is 8.21. The Morgan fingerprint density at radius 1 is 0.944 bits per heavy atom. The molecule has 1 aromatic heterocycles. The number of halogens is 1. The predicted molar refractivity (Wildman–Crippen MR) is 147 cm³/mol. The van der Waals surface area contributed by atoms with Crippen LogP contribution in [0.25, 0.3) is 10.1 Å². The van der Waals surface area contributed by atoms with E-state index in [4.69, 9.17) is 11.6 Å². The third-order valence-corrected chi connectivity index (χ3v) is 9.86. The number of rotatable bonds is 5. The van der Waals surface area contributed by atoms with Crippen molar-refractivity contribution in [2.75, 3.05) is 46.3 Å². The van der Waals surface area contributed by atoms with Gasteiger partial charge in [0.2, 0.25) is 5.91 Å². The van der Waals surface area contributed by atoms with Gasteiger partial charge in [0.05, 0.1) is 4.88 Å². The largest absolute Gasteiger partial charge is 0.341 e.